The first-order valence-corrected chi connectivity index (χ1v) is 7.29. The molecule has 1 unspecified atom stereocenters. The minimum absolute atomic E-state index is 0.352. The van der Waals surface area contributed by atoms with E-state index in [1.54, 1.807) is 6.33 Å². The summed E-state index contributed by atoms with van der Waals surface area (Å²) in [7, 11) is 0. The van der Waals surface area contributed by atoms with Gasteiger partial charge in [0.25, 0.3) is 0 Å². The third-order valence-electron chi connectivity index (χ3n) is 4.43. The molecule has 20 heavy (non-hydrogen) atoms. The molecule has 0 spiro atoms. The van der Waals surface area contributed by atoms with Crippen LogP contribution in [-0.2, 0) is 19.3 Å². The van der Waals surface area contributed by atoms with Crippen molar-refractivity contribution in [3.05, 3.63) is 46.9 Å². The molecule has 0 saturated carbocycles. The van der Waals surface area contributed by atoms with Crippen molar-refractivity contribution in [1.82, 2.24) is 9.97 Å². The molecule has 3 N–H and O–H groups in total. The summed E-state index contributed by atoms with van der Waals surface area (Å²) < 4.78 is 0. The largest absolute Gasteiger partial charge is 0.399 e. The van der Waals surface area contributed by atoms with Gasteiger partial charge in [0.05, 0.1) is 6.04 Å². The molecule has 102 valence electrons. The number of nitrogen functional groups attached to an aromatic ring is 1. The molecular formula is C16H18N4. The number of hydrogen-bond acceptors (Lipinski definition) is 4. The summed E-state index contributed by atoms with van der Waals surface area (Å²) in [4.78, 5) is 8.84. The molecule has 0 bridgehead atoms. The van der Waals surface area contributed by atoms with Crippen molar-refractivity contribution in [2.75, 3.05) is 11.1 Å². The van der Waals surface area contributed by atoms with Crippen molar-refractivity contribution in [2.45, 2.75) is 38.1 Å². The molecule has 0 radical (unpaired) electrons. The Balaban J connectivity index is 1.64. The summed E-state index contributed by atoms with van der Waals surface area (Å²) in [5, 5.41) is 3.62. The highest BCUT2D eigenvalue weighted by Crippen LogP contribution is 2.36. The molecule has 0 fully saturated rings. The smallest absolute Gasteiger partial charge is 0.133 e. The molecule has 0 saturated heterocycles. The Morgan fingerprint density at radius 1 is 1.15 bits per heavy atom. The van der Waals surface area contributed by atoms with Gasteiger partial charge in [-0.05, 0) is 55.4 Å². The molecule has 1 aromatic carbocycles. The summed E-state index contributed by atoms with van der Waals surface area (Å²) in [5.41, 5.74) is 12.0. The van der Waals surface area contributed by atoms with E-state index in [1.807, 2.05) is 6.07 Å². The van der Waals surface area contributed by atoms with Crippen LogP contribution in [0, 0.1) is 0 Å². The zero-order valence-electron chi connectivity index (χ0n) is 11.4. The second kappa shape index (κ2) is 4.47. The monoisotopic (exact) mass is 266 g/mol. The van der Waals surface area contributed by atoms with Gasteiger partial charge in [0.15, 0.2) is 0 Å². The standard InChI is InChI=1S/C16H18N4/c17-11-5-6-12-10(8-11)4-7-15(12)20-16-13-2-1-3-14(13)18-9-19-16/h5-6,8-9,15H,1-4,7,17H2,(H,18,19,20). The summed E-state index contributed by atoms with van der Waals surface area (Å²) in [6.07, 6.45) is 7.26. The van der Waals surface area contributed by atoms with Crippen LogP contribution in [-0.4, -0.2) is 9.97 Å². The van der Waals surface area contributed by atoms with E-state index in [9.17, 15) is 0 Å². The minimum Gasteiger partial charge on any atom is -0.399 e. The molecule has 2 aliphatic carbocycles. The van der Waals surface area contributed by atoms with E-state index in [0.29, 0.717) is 6.04 Å². The first-order chi connectivity index (χ1) is 9.81. The van der Waals surface area contributed by atoms with Gasteiger partial charge in [0, 0.05) is 16.9 Å². The van der Waals surface area contributed by atoms with Gasteiger partial charge in [0.1, 0.15) is 12.1 Å². The zero-order chi connectivity index (χ0) is 13.5. The number of fused-ring (bicyclic) bond motifs is 2. The molecule has 0 aliphatic heterocycles. The number of aryl methyl sites for hydroxylation is 2. The van der Waals surface area contributed by atoms with Crippen LogP contribution in [0.25, 0.3) is 0 Å². The molecule has 4 rings (SSSR count). The lowest BCUT2D eigenvalue weighted by atomic mass is 10.1. The fourth-order valence-corrected chi connectivity index (χ4v) is 3.44. The molecule has 2 aliphatic rings. The third-order valence-corrected chi connectivity index (χ3v) is 4.43. The third kappa shape index (κ3) is 1.83. The van der Waals surface area contributed by atoms with Gasteiger partial charge < -0.3 is 11.1 Å². The molecule has 4 nitrogen and oxygen atoms in total. The number of nitrogens with two attached hydrogens (primary N) is 1. The first-order valence-electron chi connectivity index (χ1n) is 7.29. The van der Waals surface area contributed by atoms with E-state index >= 15 is 0 Å². The van der Waals surface area contributed by atoms with Gasteiger partial charge in [-0.1, -0.05) is 6.07 Å². The van der Waals surface area contributed by atoms with Gasteiger partial charge >= 0.3 is 0 Å². The van der Waals surface area contributed by atoms with Crippen molar-refractivity contribution in [3.8, 4) is 0 Å². The molecule has 1 aromatic heterocycles. The zero-order valence-corrected chi connectivity index (χ0v) is 11.4. The normalized spacial score (nSPS) is 19.7. The fourth-order valence-electron chi connectivity index (χ4n) is 3.44. The SMILES string of the molecule is Nc1ccc2c(c1)CCC2Nc1ncnc2c1CCC2. The van der Waals surface area contributed by atoms with Crippen LogP contribution in [0.1, 0.15) is 41.3 Å². The van der Waals surface area contributed by atoms with Crippen LogP contribution in [0.2, 0.25) is 0 Å². The Bertz CT molecular complexity index is 666. The lowest BCUT2D eigenvalue weighted by Crippen LogP contribution is -2.11. The van der Waals surface area contributed by atoms with Gasteiger partial charge in [0.2, 0.25) is 0 Å². The maximum atomic E-state index is 5.86. The minimum atomic E-state index is 0.352. The van der Waals surface area contributed by atoms with Crippen LogP contribution < -0.4 is 11.1 Å². The lowest BCUT2D eigenvalue weighted by Gasteiger charge is -2.17. The predicted octanol–water partition coefficient (Wildman–Crippen LogP) is 2.65. The number of hydrogen-bond donors (Lipinski definition) is 2. The van der Waals surface area contributed by atoms with Gasteiger partial charge in [-0.25, -0.2) is 9.97 Å². The first kappa shape index (κ1) is 11.7. The number of aromatic nitrogens is 2. The highest BCUT2D eigenvalue weighted by molar-refractivity contribution is 5.53. The molecule has 1 atom stereocenters. The van der Waals surface area contributed by atoms with Crippen molar-refractivity contribution >= 4 is 11.5 Å². The van der Waals surface area contributed by atoms with Gasteiger partial charge in [-0.15, -0.1) is 0 Å². The number of rotatable bonds is 2. The number of anilines is 2. The maximum Gasteiger partial charge on any atom is 0.133 e. The fraction of sp³-hybridized carbons (Fsp3) is 0.375. The van der Waals surface area contributed by atoms with Crippen molar-refractivity contribution in [1.29, 1.82) is 0 Å². The van der Waals surface area contributed by atoms with E-state index in [2.05, 4.69) is 27.4 Å². The Morgan fingerprint density at radius 2 is 2.10 bits per heavy atom. The number of benzene rings is 1. The lowest BCUT2D eigenvalue weighted by molar-refractivity contribution is 0.753. The molecule has 0 amide bonds. The second-order valence-corrected chi connectivity index (χ2v) is 5.69. The summed E-state index contributed by atoms with van der Waals surface area (Å²) >= 11 is 0. The van der Waals surface area contributed by atoms with E-state index in [4.69, 9.17) is 5.73 Å². The number of nitrogens with one attached hydrogen (secondary N) is 1. The van der Waals surface area contributed by atoms with Crippen LogP contribution in [0.4, 0.5) is 11.5 Å². The Labute approximate surface area is 118 Å². The average molecular weight is 266 g/mol. The van der Waals surface area contributed by atoms with E-state index < -0.39 is 0 Å². The molecule has 4 heteroatoms. The van der Waals surface area contributed by atoms with Gasteiger partial charge in [-0.3, -0.25) is 0 Å². The molecule has 1 heterocycles. The predicted molar refractivity (Wildman–Crippen MR) is 79.6 cm³/mol. The highest BCUT2D eigenvalue weighted by Gasteiger charge is 2.25. The summed E-state index contributed by atoms with van der Waals surface area (Å²) in [5.74, 6) is 1.03. The van der Waals surface area contributed by atoms with Crippen LogP contribution in [0.15, 0.2) is 24.5 Å². The highest BCUT2D eigenvalue weighted by atomic mass is 15.0. The van der Waals surface area contributed by atoms with E-state index in [-0.39, 0.29) is 0 Å². The average Bonchev–Trinajstić information content (AvgIpc) is 3.06. The van der Waals surface area contributed by atoms with Crippen LogP contribution >= 0.6 is 0 Å². The van der Waals surface area contributed by atoms with E-state index in [0.717, 1.165) is 37.2 Å². The number of nitrogens with zero attached hydrogens (tertiary/aromatic N) is 2. The van der Waals surface area contributed by atoms with Crippen LogP contribution in [0.5, 0.6) is 0 Å². The van der Waals surface area contributed by atoms with Gasteiger partial charge in [-0.2, -0.15) is 0 Å². The molecule has 2 aromatic rings. The summed E-state index contributed by atoms with van der Waals surface area (Å²) in [6.45, 7) is 0. The van der Waals surface area contributed by atoms with E-state index in [1.165, 1.54) is 28.8 Å². The van der Waals surface area contributed by atoms with Crippen molar-refractivity contribution in [3.63, 3.8) is 0 Å². The topological polar surface area (TPSA) is 63.8 Å². The Hall–Kier alpha value is -2.10. The Kier molecular flexibility index (Phi) is 2.62. The second-order valence-electron chi connectivity index (χ2n) is 5.69. The van der Waals surface area contributed by atoms with Crippen molar-refractivity contribution in [2.24, 2.45) is 0 Å². The Morgan fingerprint density at radius 3 is 3.05 bits per heavy atom. The maximum absolute atomic E-state index is 5.86. The molecular weight excluding hydrogens is 248 g/mol. The quantitative estimate of drug-likeness (QED) is 0.820. The van der Waals surface area contributed by atoms with Crippen molar-refractivity contribution < 1.29 is 0 Å². The summed E-state index contributed by atoms with van der Waals surface area (Å²) in [6, 6.07) is 6.59. The van der Waals surface area contributed by atoms with Crippen LogP contribution in [0.3, 0.4) is 0 Å².